The molecule has 0 radical (unpaired) electrons. The second-order valence-electron chi connectivity index (χ2n) is 7.18. The Balaban J connectivity index is 1.72. The first-order valence-corrected chi connectivity index (χ1v) is 9.42. The lowest BCUT2D eigenvalue weighted by atomic mass is 10.0. The molecule has 0 N–H and O–H groups in total. The Morgan fingerprint density at radius 2 is 1.97 bits per heavy atom. The van der Waals surface area contributed by atoms with E-state index in [1.807, 2.05) is 0 Å². The minimum absolute atomic E-state index is 0.0887. The van der Waals surface area contributed by atoms with Crippen molar-refractivity contribution in [2.45, 2.75) is 26.0 Å². The molecule has 1 aromatic heterocycles. The third-order valence-corrected chi connectivity index (χ3v) is 5.23. The van der Waals surface area contributed by atoms with Gasteiger partial charge in [-0.3, -0.25) is 19.3 Å². The molecule has 2 atom stereocenters. The van der Waals surface area contributed by atoms with Crippen LogP contribution in [0.3, 0.4) is 0 Å². The minimum atomic E-state index is -1.03. The number of carbonyl (C=O) groups is 3. The average Bonchev–Trinajstić information content (AvgIpc) is 2.75. The molecule has 2 unspecified atom stereocenters. The molecule has 11 nitrogen and oxygen atoms in total. The highest BCUT2D eigenvalue weighted by Crippen LogP contribution is 2.37. The van der Waals surface area contributed by atoms with Crippen LogP contribution in [-0.2, 0) is 9.59 Å². The maximum absolute atomic E-state index is 13.3. The zero-order chi connectivity index (χ0) is 22.4. The molecule has 3 heterocycles. The van der Waals surface area contributed by atoms with Crippen molar-refractivity contribution in [1.82, 2.24) is 4.98 Å². The summed E-state index contributed by atoms with van der Waals surface area (Å²) in [5.74, 6) is -1.17. The topological polar surface area (TPSA) is 132 Å². The molecule has 11 heteroatoms. The Labute approximate surface area is 176 Å². The highest BCUT2D eigenvalue weighted by Gasteiger charge is 2.42. The lowest BCUT2D eigenvalue weighted by Gasteiger charge is -2.33. The van der Waals surface area contributed by atoms with Gasteiger partial charge in [-0.1, -0.05) is 0 Å². The van der Waals surface area contributed by atoms with Gasteiger partial charge in [0.05, 0.1) is 5.69 Å². The lowest BCUT2D eigenvalue weighted by Crippen LogP contribution is -2.52. The standard InChI is InChI=1S/C20H18N4O7/c1-10(18(26)12-4-5-14-13(8-12)22(3)17(25)9-30-14)23-19-15(31-11(2)20(23)27)6-7-16(21-19)24(28)29/h4-8,10-11H,9H2,1-3H3. The van der Waals surface area contributed by atoms with Crippen LogP contribution in [0.15, 0.2) is 30.3 Å². The number of Topliss-reactive ketones (excluding diaryl/α,β-unsaturated/α-hetero) is 1. The molecule has 4 rings (SSSR count). The van der Waals surface area contributed by atoms with Crippen LogP contribution in [0.1, 0.15) is 24.2 Å². The minimum Gasteiger partial charge on any atom is -0.482 e. The number of amides is 2. The number of ketones is 1. The fourth-order valence-electron chi connectivity index (χ4n) is 3.49. The Hall–Kier alpha value is -4.02. The Morgan fingerprint density at radius 3 is 2.68 bits per heavy atom. The van der Waals surface area contributed by atoms with Crippen molar-refractivity contribution >= 4 is 34.9 Å². The number of hydrogen-bond acceptors (Lipinski definition) is 8. The van der Waals surface area contributed by atoms with E-state index in [-0.39, 0.29) is 29.6 Å². The number of anilines is 2. The summed E-state index contributed by atoms with van der Waals surface area (Å²) in [4.78, 5) is 54.9. The van der Waals surface area contributed by atoms with E-state index in [2.05, 4.69) is 4.98 Å². The first kappa shape index (κ1) is 20.3. The van der Waals surface area contributed by atoms with E-state index in [4.69, 9.17) is 9.47 Å². The van der Waals surface area contributed by atoms with E-state index in [1.54, 1.807) is 13.1 Å². The van der Waals surface area contributed by atoms with Gasteiger partial charge in [0.25, 0.3) is 17.6 Å². The predicted molar refractivity (Wildman–Crippen MR) is 108 cm³/mol. The maximum atomic E-state index is 13.3. The molecule has 31 heavy (non-hydrogen) atoms. The van der Waals surface area contributed by atoms with Gasteiger partial charge in [-0.2, -0.15) is 0 Å². The summed E-state index contributed by atoms with van der Waals surface area (Å²) >= 11 is 0. The van der Waals surface area contributed by atoms with Crippen LogP contribution >= 0.6 is 0 Å². The number of nitro groups is 1. The van der Waals surface area contributed by atoms with Crippen molar-refractivity contribution in [1.29, 1.82) is 0 Å². The van der Waals surface area contributed by atoms with Gasteiger partial charge in [0.2, 0.25) is 0 Å². The van der Waals surface area contributed by atoms with Gasteiger partial charge in [-0.05, 0) is 48.0 Å². The number of benzene rings is 1. The fraction of sp³-hybridized carbons (Fsp3) is 0.300. The number of carbonyl (C=O) groups excluding carboxylic acids is 3. The molecular weight excluding hydrogens is 408 g/mol. The molecule has 0 saturated heterocycles. The Bertz CT molecular complexity index is 1130. The smallest absolute Gasteiger partial charge is 0.366 e. The van der Waals surface area contributed by atoms with Crippen LogP contribution in [0.5, 0.6) is 11.5 Å². The van der Waals surface area contributed by atoms with Gasteiger partial charge in [0.1, 0.15) is 11.8 Å². The van der Waals surface area contributed by atoms with Crippen molar-refractivity contribution in [3.63, 3.8) is 0 Å². The van der Waals surface area contributed by atoms with E-state index >= 15 is 0 Å². The van der Waals surface area contributed by atoms with Crippen LogP contribution in [0.25, 0.3) is 0 Å². The van der Waals surface area contributed by atoms with Crippen molar-refractivity contribution in [2.24, 2.45) is 0 Å². The summed E-state index contributed by atoms with van der Waals surface area (Å²) in [6, 6.07) is 6.13. The van der Waals surface area contributed by atoms with Crippen LogP contribution in [0, 0.1) is 10.1 Å². The first-order chi connectivity index (χ1) is 14.7. The van der Waals surface area contributed by atoms with Crippen LogP contribution in [0.4, 0.5) is 17.3 Å². The molecule has 0 saturated carbocycles. The van der Waals surface area contributed by atoms with Gasteiger partial charge in [0.15, 0.2) is 24.2 Å². The first-order valence-electron chi connectivity index (χ1n) is 9.42. The SMILES string of the molecule is CC1Oc2ccc([N+](=O)[O-])nc2N(C(C)C(=O)c2ccc3c(c2)N(C)C(=O)CO3)C1=O. The third kappa shape index (κ3) is 3.33. The van der Waals surface area contributed by atoms with Crippen molar-refractivity contribution in [2.75, 3.05) is 23.5 Å². The molecule has 2 amide bonds. The zero-order valence-corrected chi connectivity index (χ0v) is 16.9. The number of fused-ring (bicyclic) bond motifs is 2. The van der Waals surface area contributed by atoms with E-state index in [1.165, 1.54) is 43.0 Å². The molecule has 0 spiro atoms. The second kappa shape index (κ2) is 7.35. The quantitative estimate of drug-likeness (QED) is 0.410. The van der Waals surface area contributed by atoms with Crippen molar-refractivity contribution in [3.05, 3.63) is 46.0 Å². The Kier molecular flexibility index (Phi) is 4.80. The third-order valence-electron chi connectivity index (χ3n) is 5.23. The lowest BCUT2D eigenvalue weighted by molar-refractivity contribution is -0.389. The van der Waals surface area contributed by atoms with Crippen LogP contribution < -0.4 is 19.3 Å². The summed E-state index contributed by atoms with van der Waals surface area (Å²) in [7, 11) is 1.58. The highest BCUT2D eigenvalue weighted by atomic mass is 16.6. The molecule has 0 bridgehead atoms. The van der Waals surface area contributed by atoms with Crippen molar-refractivity contribution in [3.8, 4) is 11.5 Å². The molecule has 0 fully saturated rings. The van der Waals surface area contributed by atoms with Gasteiger partial charge < -0.3 is 24.5 Å². The molecule has 2 aliphatic rings. The molecule has 0 aliphatic carbocycles. The molecule has 2 aliphatic heterocycles. The number of hydrogen-bond donors (Lipinski definition) is 0. The molecule has 2 aromatic rings. The zero-order valence-electron chi connectivity index (χ0n) is 16.9. The van der Waals surface area contributed by atoms with Gasteiger partial charge >= 0.3 is 5.82 Å². The summed E-state index contributed by atoms with van der Waals surface area (Å²) in [5.41, 5.74) is 0.681. The van der Waals surface area contributed by atoms with E-state index in [0.717, 1.165) is 4.90 Å². The highest BCUT2D eigenvalue weighted by molar-refractivity contribution is 6.10. The van der Waals surface area contributed by atoms with Gasteiger partial charge in [-0.25, -0.2) is 0 Å². The fourth-order valence-corrected chi connectivity index (χ4v) is 3.49. The maximum Gasteiger partial charge on any atom is 0.366 e. The number of likely N-dealkylation sites (N-methyl/N-ethyl adjacent to an activating group) is 1. The normalized spacial score (nSPS) is 18.5. The number of ether oxygens (including phenoxy) is 2. The predicted octanol–water partition coefficient (Wildman–Crippen LogP) is 1.73. The summed E-state index contributed by atoms with van der Waals surface area (Å²) in [6.45, 7) is 2.94. The van der Waals surface area contributed by atoms with E-state index in [0.29, 0.717) is 11.4 Å². The number of rotatable bonds is 4. The number of pyridine rings is 1. The molecule has 160 valence electrons. The monoisotopic (exact) mass is 426 g/mol. The summed E-state index contributed by atoms with van der Waals surface area (Å²) in [5, 5.41) is 11.1. The van der Waals surface area contributed by atoms with Crippen LogP contribution in [0.2, 0.25) is 0 Å². The van der Waals surface area contributed by atoms with Crippen LogP contribution in [-0.4, -0.2) is 53.3 Å². The van der Waals surface area contributed by atoms with E-state index < -0.39 is 34.6 Å². The molecular formula is C20H18N4O7. The average molecular weight is 426 g/mol. The van der Waals surface area contributed by atoms with Gasteiger partial charge in [-0.15, -0.1) is 0 Å². The Morgan fingerprint density at radius 1 is 1.26 bits per heavy atom. The number of nitrogens with zero attached hydrogens (tertiary/aromatic N) is 4. The van der Waals surface area contributed by atoms with E-state index in [9.17, 15) is 24.5 Å². The number of aromatic nitrogens is 1. The van der Waals surface area contributed by atoms with Crippen molar-refractivity contribution < 1.29 is 28.8 Å². The summed E-state index contributed by atoms with van der Waals surface area (Å²) in [6.07, 6.45) is -0.897. The molecule has 1 aromatic carbocycles. The second-order valence-corrected chi connectivity index (χ2v) is 7.18. The summed E-state index contributed by atoms with van der Waals surface area (Å²) < 4.78 is 10.9. The van der Waals surface area contributed by atoms with Gasteiger partial charge in [0, 0.05) is 18.7 Å². The largest absolute Gasteiger partial charge is 0.482 e.